The largest absolute Gasteiger partial charge is 0.462 e. The van der Waals surface area contributed by atoms with Crippen LogP contribution in [0.25, 0.3) is 0 Å². The first-order valence-corrected chi connectivity index (χ1v) is 24.7. The number of amides is 1. The van der Waals surface area contributed by atoms with E-state index in [-0.39, 0.29) is 24.9 Å². The Hall–Kier alpha value is -1.92. The number of carbonyl (C=O) groups is 2. The standard InChI is InChI=1S/C51H95NO5/c1-4-7-10-13-16-19-22-24-25-26-27-28-30-33-36-39-42-47(57-51(56)44-41-38-35-32-29-23-20-17-14-11-8-5-2)45-50(55)52-48(46-53)49(54)43-40-37-34-31-21-18-15-12-9-6-3/h22,24-28,47-49,53-54H,4-21,23,29-46H2,1-3H3,(H,52,55)/b24-22+,26-25+,28-27+. The molecule has 1 amide bonds. The number of aliphatic hydroxyl groups is 2. The smallest absolute Gasteiger partial charge is 0.306 e. The fraction of sp³-hybridized carbons (Fsp3) is 0.843. The lowest BCUT2D eigenvalue weighted by molar-refractivity contribution is -0.151. The minimum absolute atomic E-state index is 0.0582. The molecule has 3 unspecified atom stereocenters. The van der Waals surface area contributed by atoms with Crippen molar-refractivity contribution in [2.75, 3.05) is 6.61 Å². The van der Waals surface area contributed by atoms with Crippen LogP contribution in [-0.2, 0) is 14.3 Å². The second-order valence-corrected chi connectivity index (χ2v) is 16.9. The summed E-state index contributed by atoms with van der Waals surface area (Å²) < 4.78 is 5.91. The van der Waals surface area contributed by atoms with Crippen LogP contribution in [0.15, 0.2) is 36.5 Å². The highest BCUT2D eigenvalue weighted by Gasteiger charge is 2.24. The minimum atomic E-state index is -0.793. The Morgan fingerprint density at radius 2 is 0.895 bits per heavy atom. The normalized spacial score (nSPS) is 13.6. The number of carbonyl (C=O) groups excluding carboxylic acids is 2. The number of unbranched alkanes of at least 4 members (excludes halogenated alkanes) is 28. The van der Waals surface area contributed by atoms with E-state index in [9.17, 15) is 19.8 Å². The summed E-state index contributed by atoms with van der Waals surface area (Å²) in [5.74, 6) is -0.501. The van der Waals surface area contributed by atoms with Gasteiger partial charge in [-0.1, -0.05) is 224 Å². The second-order valence-electron chi connectivity index (χ2n) is 16.9. The van der Waals surface area contributed by atoms with Crippen molar-refractivity contribution in [2.24, 2.45) is 0 Å². The van der Waals surface area contributed by atoms with Gasteiger partial charge in [0.05, 0.1) is 25.2 Å². The van der Waals surface area contributed by atoms with Gasteiger partial charge in [0, 0.05) is 6.42 Å². The third-order valence-corrected chi connectivity index (χ3v) is 11.3. The molecule has 0 aliphatic rings. The van der Waals surface area contributed by atoms with Crippen LogP contribution < -0.4 is 5.32 Å². The maximum Gasteiger partial charge on any atom is 0.306 e. The molecule has 0 saturated carbocycles. The Morgan fingerprint density at radius 1 is 0.509 bits per heavy atom. The van der Waals surface area contributed by atoms with Crippen LogP contribution in [0.5, 0.6) is 0 Å². The highest BCUT2D eigenvalue weighted by atomic mass is 16.5. The first kappa shape index (κ1) is 55.1. The molecule has 0 rings (SSSR count). The van der Waals surface area contributed by atoms with E-state index in [2.05, 4.69) is 62.5 Å². The monoisotopic (exact) mass is 802 g/mol. The van der Waals surface area contributed by atoms with Crippen molar-refractivity contribution < 1.29 is 24.5 Å². The molecule has 6 heteroatoms. The molecule has 3 atom stereocenters. The molecule has 6 nitrogen and oxygen atoms in total. The zero-order valence-corrected chi connectivity index (χ0v) is 38.0. The van der Waals surface area contributed by atoms with Crippen LogP contribution >= 0.6 is 0 Å². The Kier molecular flexibility index (Phi) is 43.6. The number of aliphatic hydroxyl groups excluding tert-OH is 2. The van der Waals surface area contributed by atoms with Crippen LogP contribution in [-0.4, -0.2) is 46.9 Å². The zero-order valence-electron chi connectivity index (χ0n) is 38.0. The Morgan fingerprint density at radius 3 is 1.35 bits per heavy atom. The molecule has 0 saturated heterocycles. The molecule has 0 spiro atoms. The molecule has 0 heterocycles. The molecular weight excluding hydrogens is 707 g/mol. The van der Waals surface area contributed by atoms with Crippen molar-refractivity contribution in [3.05, 3.63) is 36.5 Å². The molecule has 0 aromatic rings. The van der Waals surface area contributed by atoms with E-state index in [1.54, 1.807) is 0 Å². The van der Waals surface area contributed by atoms with Gasteiger partial charge in [-0.15, -0.1) is 0 Å². The van der Waals surface area contributed by atoms with E-state index >= 15 is 0 Å². The van der Waals surface area contributed by atoms with Crippen LogP contribution in [0.2, 0.25) is 0 Å². The number of esters is 1. The third-order valence-electron chi connectivity index (χ3n) is 11.3. The van der Waals surface area contributed by atoms with Crippen molar-refractivity contribution in [3.8, 4) is 0 Å². The van der Waals surface area contributed by atoms with E-state index in [0.29, 0.717) is 19.3 Å². The molecule has 3 N–H and O–H groups in total. The number of allylic oxidation sites excluding steroid dienone is 6. The fourth-order valence-corrected chi connectivity index (χ4v) is 7.49. The molecule has 0 radical (unpaired) electrons. The number of nitrogens with one attached hydrogen (secondary N) is 1. The Labute approximate surface area is 353 Å². The third kappa shape index (κ3) is 40.6. The lowest BCUT2D eigenvalue weighted by Gasteiger charge is -2.24. The van der Waals surface area contributed by atoms with Gasteiger partial charge >= 0.3 is 5.97 Å². The Balaban J connectivity index is 4.66. The predicted molar refractivity (Wildman–Crippen MR) is 246 cm³/mol. The molecule has 0 aromatic heterocycles. The average Bonchev–Trinajstić information content (AvgIpc) is 3.20. The van der Waals surface area contributed by atoms with E-state index in [1.165, 1.54) is 135 Å². The summed E-state index contributed by atoms with van der Waals surface area (Å²) >= 11 is 0. The molecule has 0 aliphatic heterocycles. The van der Waals surface area contributed by atoms with Crippen LogP contribution in [0.3, 0.4) is 0 Å². The quantitative estimate of drug-likeness (QED) is 0.0324. The van der Waals surface area contributed by atoms with E-state index in [0.717, 1.165) is 70.6 Å². The molecule has 0 aromatic carbocycles. The highest BCUT2D eigenvalue weighted by molar-refractivity contribution is 5.77. The summed E-state index contributed by atoms with van der Waals surface area (Å²) in [5, 5.41) is 23.7. The average molecular weight is 802 g/mol. The zero-order chi connectivity index (χ0) is 41.7. The van der Waals surface area contributed by atoms with Crippen molar-refractivity contribution in [3.63, 3.8) is 0 Å². The summed E-state index contributed by atoms with van der Waals surface area (Å²) in [6.45, 7) is 6.44. The lowest BCUT2D eigenvalue weighted by atomic mass is 10.0. The maximum absolute atomic E-state index is 13.2. The van der Waals surface area contributed by atoms with Gasteiger partial charge in [-0.25, -0.2) is 0 Å². The topological polar surface area (TPSA) is 95.9 Å². The van der Waals surface area contributed by atoms with Gasteiger partial charge in [0.2, 0.25) is 5.91 Å². The van der Waals surface area contributed by atoms with E-state index in [1.807, 2.05) is 0 Å². The summed E-state index contributed by atoms with van der Waals surface area (Å²) in [4.78, 5) is 26.0. The van der Waals surface area contributed by atoms with E-state index < -0.39 is 18.2 Å². The predicted octanol–water partition coefficient (Wildman–Crippen LogP) is 14.5. The molecular formula is C51H95NO5. The van der Waals surface area contributed by atoms with Gasteiger partial charge in [-0.05, 0) is 51.4 Å². The maximum atomic E-state index is 13.2. The first-order valence-electron chi connectivity index (χ1n) is 24.7. The van der Waals surface area contributed by atoms with Crippen molar-refractivity contribution in [1.29, 1.82) is 0 Å². The summed E-state index contributed by atoms with van der Waals surface area (Å²) in [5.41, 5.74) is 0. The van der Waals surface area contributed by atoms with Crippen LogP contribution in [0, 0.1) is 0 Å². The van der Waals surface area contributed by atoms with Gasteiger partial charge in [0.15, 0.2) is 0 Å². The van der Waals surface area contributed by atoms with E-state index in [4.69, 9.17) is 4.74 Å². The highest BCUT2D eigenvalue weighted by Crippen LogP contribution is 2.17. The lowest BCUT2D eigenvalue weighted by Crippen LogP contribution is -2.46. The Bertz CT molecular complexity index is 946. The van der Waals surface area contributed by atoms with Gasteiger partial charge in [-0.3, -0.25) is 9.59 Å². The molecule has 0 aliphatic carbocycles. The summed E-state index contributed by atoms with van der Waals surface area (Å²) in [6.07, 6.45) is 52.0. The summed E-state index contributed by atoms with van der Waals surface area (Å²) in [6, 6.07) is -0.708. The van der Waals surface area contributed by atoms with Gasteiger partial charge in [0.25, 0.3) is 0 Å². The second kappa shape index (κ2) is 45.2. The number of ether oxygens (including phenoxy) is 1. The van der Waals surface area contributed by atoms with Gasteiger partial charge in [-0.2, -0.15) is 0 Å². The fourth-order valence-electron chi connectivity index (χ4n) is 7.49. The SMILES string of the molecule is CCCCCCC/C=C/C=C/C=C/CCCCCC(CC(=O)NC(CO)C(O)CCCCCCCCCCCC)OC(=O)CCCCCCCCCCCCCC. The van der Waals surface area contributed by atoms with Crippen LogP contribution in [0.1, 0.15) is 252 Å². The number of hydrogen-bond acceptors (Lipinski definition) is 5. The molecule has 0 bridgehead atoms. The number of rotatable bonds is 44. The van der Waals surface area contributed by atoms with Gasteiger partial charge < -0.3 is 20.3 Å². The van der Waals surface area contributed by atoms with Gasteiger partial charge in [0.1, 0.15) is 6.10 Å². The molecule has 334 valence electrons. The van der Waals surface area contributed by atoms with Crippen molar-refractivity contribution in [2.45, 2.75) is 270 Å². The first-order chi connectivity index (χ1) is 28.0. The summed E-state index contributed by atoms with van der Waals surface area (Å²) in [7, 11) is 0. The van der Waals surface area contributed by atoms with Crippen LogP contribution in [0.4, 0.5) is 0 Å². The number of hydrogen-bond donors (Lipinski definition) is 3. The van der Waals surface area contributed by atoms with Crippen molar-refractivity contribution in [1.82, 2.24) is 5.32 Å². The molecule has 0 fully saturated rings. The molecule has 57 heavy (non-hydrogen) atoms. The minimum Gasteiger partial charge on any atom is -0.462 e. The van der Waals surface area contributed by atoms with Crippen molar-refractivity contribution >= 4 is 11.9 Å².